The predicted molar refractivity (Wildman–Crippen MR) is 76.7 cm³/mol. The third kappa shape index (κ3) is 2.20. The molecule has 3 saturated carbocycles. The number of fused-ring (bicyclic) bond motifs is 5. The first-order chi connectivity index (χ1) is 9.03. The summed E-state index contributed by atoms with van der Waals surface area (Å²) in [6, 6.07) is 0.674. The third-order valence-electron chi connectivity index (χ3n) is 6.08. The van der Waals surface area contributed by atoms with Gasteiger partial charge in [0.25, 0.3) is 0 Å². The molecule has 2 N–H and O–H groups in total. The maximum absolute atomic E-state index is 11.8. The highest BCUT2D eigenvalue weighted by Crippen LogP contribution is 2.58. The van der Waals surface area contributed by atoms with E-state index in [-0.39, 0.29) is 11.3 Å². The lowest BCUT2D eigenvalue weighted by molar-refractivity contribution is -0.128. The average Bonchev–Trinajstić information content (AvgIpc) is 3.06. The highest BCUT2D eigenvalue weighted by Gasteiger charge is 2.53. The molecule has 0 unspecified atom stereocenters. The fourth-order valence-electron chi connectivity index (χ4n) is 5.11. The monoisotopic (exact) mass is 264 g/mol. The van der Waals surface area contributed by atoms with Gasteiger partial charge in [-0.25, -0.2) is 0 Å². The van der Waals surface area contributed by atoms with Crippen molar-refractivity contribution in [3.05, 3.63) is 0 Å². The molecule has 0 saturated heterocycles. The molecule has 3 aliphatic carbocycles. The van der Waals surface area contributed by atoms with Crippen LogP contribution in [0.4, 0.5) is 0 Å². The van der Waals surface area contributed by atoms with Gasteiger partial charge in [0.1, 0.15) is 0 Å². The van der Waals surface area contributed by atoms with Crippen LogP contribution in [-0.2, 0) is 4.79 Å². The lowest BCUT2D eigenvalue weighted by Gasteiger charge is -2.34. The molecule has 0 aliphatic heterocycles. The molecule has 19 heavy (non-hydrogen) atoms. The minimum Gasteiger partial charge on any atom is -0.359 e. The van der Waals surface area contributed by atoms with E-state index in [1.54, 1.807) is 7.05 Å². The van der Waals surface area contributed by atoms with Crippen LogP contribution in [0.25, 0.3) is 0 Å². The molecule has 0 aromatic rings. The molecular formula is C16H28N2O. The van der Waals surface area contributed by atoms with Crippen LogP contribution in [0.15, 0.2) is 0 Å². The summed E-state index contributed by atoms with van der Waals surface area (Å²) in [5, 5.41) is 6.49. The molecule has 3 heteroatoms. The summed E-state index contributed by atoms with van der Waals surface area (Å²) in [6.45, 7) is 4.87. The summed E-state index contributed by atoms with van der Waals surface area (Å²) in [4.78, 5) is 11.8. The molecule has 0 radical (unpaired) electrons. The fraction of sp³-hybridized carbons (Fsp3) is 0.938. The van der Waals surface area contributed by atoms with Gasteiger partial charge in [-0.15, -0.1) is 0 Å². The second-order valence-electron chi connectivity index (χ2n) is 7.60. The number of carbonyl (C=O) groups excluding carboxylic acids is 1. The average molecular weight is 264 g/mol. The Balaban J connectivity index is 1.56. The zero-order valence-electron chi connectivity index (χ0n) is 12.5. The Bertz CT molecular complexity index is 366. The van der Waals surface area contributed by atoms with Gasteiger partial charge in [0.15, 0.2) is 0 Å². The van der Waals surface area contributed by atoms with Crippen molar-refractivity contribution in [2.75, 3.05) is 13.6 Å². The van der Waals surface area contributed by atoms with Crippen molar-refractivity contribution in [3.8, 4) is 0 Å². The number of rotatable bonds is 4. The van der Waals surface area contributed by atoms with Gasteiger partial charge in [-0.3, -0.25) is 4.79 Å². The van der Waals surface area contributed by atoms with Crippen LogP contribution < -0.4 is 10.6 Å². The van der Waals surface area contributed by atoms with E-state index in [1.807, 2.05) is 13.8 Å². The van der Waals surface area contributed by atoms with E-state index in [9.17, 15) is 4.79 Å². The van der Waals surface area contributed by atoms with Gasteiger partial charge in [-0.1, -0.05) is 6.42 Å². The zero-order valence-corrected chi connectivity index (χ0v) is 12.5. The summed E-state index contributed by atoms with van der Waals surface area (Å²) in [7, 11) is 1.73. The Morgan fingerprint density at radius 3 is 2.63 bits per heavy atom. The topological polar surface area (TPSA) is 41.1 Å². The summed E-state index contributed by atoms with van der Waals surface area (Å²) < 4.78 is 0. The second kappa shape index (κ2) is 4.76. The highest BCUT2D eigenvalue weighted by atomic mass is 16.2. The Kier molecular flexibility index (Phi) is 3.36. The van der Waals surface area contributed by atoms with Crippen LogP contribution in [0.2, 0.25) is 0 Å². The van der Waals surface area contributed by atoms with Gasteiger partial charge in [0.2, 0.25) is 5.91 Å². The molecule has 0 heterocycles. The van der Waals surface area contributed by atoms with Crippen molar-refractivity contribution >= 4 is 5.91 Å². The first kappa shape index (κ1) is 13.4. The van der Waals surface area contributed by atoms with E-state index in [1.165, 1.54) is 32.1 Å². The number of amides is 1. The summed E-state index contributed by atoms with van der Waals surface area (Å²) in [5.74, 6) is 4.08. The fourth-order valence-corrected chi connectivity index (χ4v) is 5.11. The Hall–Kier alpha value is -0.570. The Labute approximate surface area is 116 Å². The molecule has 3 fully saturated rings. The van der Waals surface area contributed by atoms with Crippen molar-refractivity contribution in [1.29, 1.82) is 0 Å². The largest absolute Gasteiger partial charge is 0.359 e. The second-order valence-corrected chi connectivity index (χ2v) is 7.60. The molecule has 3 nitrogen and oxygen atoms in total. The van der Waals surface area contributed by atoms with E-state index in [0.29, 0.717) is 6.04 Å². The van der Waals surface area contributed by atoms with Gasteiger partial charge in [-0.05, 0) is 63.2 Å². The number of nitrogens with one attached hydrogen (secondary N) is 2. The predicted octanol–water partition coefficient (Wildman–Crippen LogP) is 2.17. The van der Waals surface area contributed by atoms with Gasteiger partial charge >= 0.3 is 0 Å². The van der Waals surface area contributed by atoms with Crippen LogP contribution in [-0.4, -0.2) is 25.5 Å². The SMILES string of the molecule is CNC(=O)C(C)(C)CN[C@H]1C[C@@H]2C[C@@H]1[C@@H]1CCC[C@@H]21. The maximum Gasteiger partial charge on any atom is 0.226 e. The standard InChI is InChI=1S/C16H28N2O/c1-16(2,15(19)17-3)9-18-14-8-10-7-13(14)12-6-4-5-11(10)12/h10-14,18H,4-9H2,1-3H3,(H,17,19)/t10-,11-,12+,13+,14-/m0/s1. The van der Waals surface area contributed by atoms with Crippen molar-refractivity contribution in [1.82, 2.24) is 10.6 Å². The van der Waals surface area contributed by atoms with Gasteiger partial charge in [0, 0.05) is 19.6 Å². The molecular weight excluding hydrogens is 236 g/mol. The molecule has 108 valence electrons. The smallest absolute Gasteiger partial charge is 0.226 e. The first-order valence-corrected chi connectivity index (χ1v) is 7.98. The van der Waals surface area contributed by atoms with Crippen molar-refractivity contribution in [2.24, 2.45) is 29.1 Å². The number of hydrogen-bond donors (Lipinski definition) is 2. The summed E-state index contributed by atoms with van der Waals surface area (Å²) >= 11 is 0. The zero-order chi connectivity index (χ0) is 13.6. The lowest BCUT2D eigenvalue weighted by atomic mass is 9.78. The molecule has 0 spiro atoms. The molecule has 3 aliphatic rings. The Morgan fingerprint density at radius 1 is 1.16 bits per heavy atom. The first-order valence-electron chi connectivity index (χ1n) is 7.98. The van der Waals surface area contributed by atoms with E-state index in [4.69, 9.17) is 0 Å². The minimum absolute atomic E-state index is 0.141. The number of hydrogen-bond acceptors (Lipinski definition) is 2. The summed E-state index contributed by atoms with van der Waals surface area (Å²) in [5.41, 5.74) is -0.300. The van der Waals surface area contributed by atoms with Crippen LogP contribution in [0.5, 0.6) is 0 Å². The van der Waals surface area contributed by atoms with Crippen LogP contribution in [0.1, 0.15) is 46.0 Å². The summed E-state index contributed by atoms with van der Waals surface area (Å²) in [6.07, 6.45) is 7.22. The van der Waals surface area contributed by atoms with E-state index >= 15 is 0 Å². The van der Waals surface area contributed by atoms with Crippen LogP contribution in [0.3, 0.4) is 0 Å². The quantitative estimate of drug-likeness (QED) is 0.817. The van der Waals surface area contributed by atoms with Crippen molar-refractivity contribution < 1.29 is 4.79 Å². The maximum atomic E-state index is 11.8. The van der Waals surface area contributed by atoms with Gasteiger partial charge in [0.05, 0.1) is 5.41 Å². The number of carbonyl (C=O) groups is 1. The van der Waals surface area contributed by atoms with E-state index < -0.39 is 0 Å². The Morgan fingerprint density at radius 2 is 1.89 bits per heavy atom. The van der Waals surface area contributed by atoms with E-state index in [0.717, 1.165) is 30.2 Å². The minimum atomic E-state index is -0.300. The lowest BCUT2D eigenvalue weighted by Crippen LogP contribution is -2.47. The molecule has 5 atom stereocenters. The van der Waals surface area contributed by atoms with Gasteiger partial charge < -0.3 is 10.6 Å². The molecule has 0 aromatic heterocycles. The van der Waals surface area contributed by atoms with E-state index in [2.05, 4.69) is 10.6 Å². The normalized spacial score (nSPS) is 40.5. The third-order valence-corrected chi connectivity index (χ3v) is 6.08. The molecule has 3 rings (SSSR count). The molecule has 2 bridgehead atoms. The van der Waals surface area contributed by atoms with Crippen LogP contribution >= 0.6 is 0 Å². The molecule has 1 amide bonds. The van der Waals surface area contributed by atoms with Crippen molar-refractivity contribution in [3.63, 3.8) is 0 Å². The highest BCUT2D eigenvalue weighted by molar-refractivity contribution is 5.81. The van der Waals surface area contributed by atoms with Gasteiger partial charge in [-0.2, -0.15) is 0 Å². The molecule has 0 aromatic carbocycles. The van der Waals surface area contributed by atoms with Crippen LogP contribution in [0, 0.1) is 29.1 Å². The van der Waals surface area contributed by atoms with Crippen molar-refractivity contribution in [2.45, 2.75) is 52.0 Å².